The molecule has 1 atom stereocenters. The first kappa shape index (κ1) is 13.9. The van der Waals surface area contributed by atoms with Crippen molar-refractivity contribution in [3.63, 3.8) is 0 Å². The van der Waals surface area contributed by atoms with E-state index in [1.807, 2.05) is 6.07 Å². The first-order valence-electron chi connectivity index (χ1n) is 7.36. The van der Waals surface area contributed by atoms with Gasteiger partial charge < -0.3 is 9.29 Å². The van der Waals surface area contributed by atoms with Crippen LogP contribution in [0.4, 0.5) is 0 Å². The molecule has 0 saturated heterocycles. The second-order valence-corrected chi connectivity index (χ2v) is 6.25. The Labute approximate surface area is 133 Å². The van der Waals surface area contributed by atoms with Gasteiger partial charge in [-0.3, -0.25) is 9.45 Å². The van der Waals surface area contributed by atoms with Crippen LogP contribution < -0.4 is 4.18 Å². The van der Waals surface area contributed by atoms with Crippen molar-refractivity contribution < 1.29 is 13.8 Å². The van der Waals surface area contributed by atoms with Crippen LogP contribution in [0.5, 0.6) is 11.5 Å². The maximum atomic E-state index is 10.6. The zero-order chi connectivity index (χ0) is 15.3. The number of phenolic OH excluding ortho intramolecular Hbond substituents is 1. The molecule has 4 nitrogen and oxygen atoms in total. The standard InChI is InChI=1S/C17H17NO3S/c1-18-8-7-10-3-2-4-12-15(10)13(18)9-11-5-6-14(21-22-20)17(19)16(11)12/h2-6,13,19-20H,7-9H2,1H3/t13-/m1/s1. The highest BCUT2D eigenvalue weighted by molar-refractivity contribution is 7.89. The van der Waals surface area contributed by atoms with Crippen molar-refractivity contribution in [2.24, 2.45) is 0 Å². The summed E-state index contributed by atoms with van der Waals surface area (Å²) in [6.07, 6.45) is 1.92. The van der Waals surface area contributed by atoms with Gasteiger partial charge in [0, 0.05) is 18.2 Å². The molecule has 1 aliphatic heterocycles. The maximum Gasteiger partial charge on any atom is 0.222 e. The van der Waals surface area contributed by atoms with Crippen LogP contribution in [-0.2, 0) is 12.8 Å². The maximum absolute atomic E-state index is 10.6. The molecule has 22 heavy (non-hydrogen) atoms. The zero-order valence-corrected chi connectivity index (χ0v) is 13.1. The van der Waals surface area contributed by atoms with Gasteiger partial charge in [0.15, 0.2) is 11.5 Å². The van der Waals surface area contributed by atoms with Gasteiger partial charge >= 0.3 is 0 Å². The van der Waals surface area contributed by atoms with Gasteiger partial charge in [0.1, 0.15) is 0 Å². The molecule has 0 bridgehead atoms. The number of benzene rings is 2. The molecule has 4 rings (SSSR count). The lowest BCUT2D eigenvalue weighted by Gasteiger charge is -2.39. The van der Waals surface area contributed by atoms with Gasteiger partial charge in [-0.15, -0.1) is 0 Å². The summed E-state index contributed by atoms with van der Waals surface area (Å²) in [6, 6.07) is 10.4. The molecule has 0 unspecified atom stereocenters. The normalized spacial score (nSPS) is 19.5. The minimum Gasteiger partial charge on any atom is -0.504 e. The molecule has 2 aromatic carbocycles. The molecule has 0 spiro atoms. The molecule has 0 aromatic heterocycles. The Hall–Kier alpha value is -1.69. The van der Waals surface area contributed by atoms with Crippen molar-refractivity contribution in [2.75, 3.05) is 13.6 Å². The quantitative estimate of drug-likeness (QED) is 0.829. The Morgan fingerprint density at radius 2 is 2.09 bits per heavy atom. The van der Waals surface area contributed by atoms with E-state index in [4.69, 9.17) is 8.74 Å². The first-order chi connectivity index (χ1) is 10.7. The molecule has 114 valence electrons. The highest BCUT2D eigenvalue weighted by Crippen LogP contribution is 2.50. The average Bonchev–Trinajstić information content (AvgIpc) is 2.53. The van der Waals surface area contributed by atoms with E-state index in [1.165, 1.54) is 11.1 Å². The number of nitrogens with zero attached hydrogens (tertiary/aromatic N) is 1. The fourth-order valence-electron chi connectivity index (χ4n) is 3.77. The van der Waals surface area contributed by atoms with Crippen LogP contribution in [0, 0.1) is 0 Å². The molecular formula is C17H17NO3S. The number of hydrogen-bond donors (Lipinski definition) is 2. The number of likely N-dealkylation sites (N-methyl/N-ethyl adjacent to an activating group) is 1. The van der Waals surface area contributed by atoms with E-state index in [0.717, 1.165) is 36.1 Å². The monoisotopic (exact) mass is 315 g/mol. The van der Waals surface area contributed by atoms with Crippen molar-refractivity contribution in [1.29, 1.82) is 0 Å². The van der Waals surface area contributed by atoms with Crippen molar-refractivity contribution in [1.82, 2.24) is 4.90 Å². The second kappa shape index (κ2) is 5.19. The Morgan fingerprint density at radius 1 is 1.23 bits per heavy atom. The number of hydrogen-bond acceptors (Lipinski definition) is 5. The average molecular weight is 315 g/mol. The Balaban J connectivity index is 1.96. The van der Waals surface area contributed by atoms with Gasteiger partial charge in [-0.05, 0) is 48.2 Å². The van der Waals surface area contributed by atoms with Crippen molar-refractivity contribution in [3.8, 4) is 22.6 Å². The minimum atomic E-state index is 0.110. The summed E-state index contributed by atoms with van der Waals surface area (Å²) in [5.74, 6) is 0.408. The summed E-state index contributed by atoms with van der Waals surface area (Å²) < 4.78 is 13.9. The molecule has 2 aromatic rings. The van der Waals surface area contributed by atoms with Crippen LogP contribution in [0.3, 0.4) is 0 Å². The Morgan fingerprint density at radius 3 is 2.91 bits per heavy atom. The van der Waals surface area contributed by atoms with Gasteiger partial charge in [-0.2, -0.15) is 0 Å². The zero-order valence-electron chi connectivity index (χ0n) is 12.2. The van der Waals surface area contributed by atoms with E-state index in [9.17, 15) is 5.11 Å². The third kappa shape index (κ3) is 1.93. The largest absolute Gasteiger partial charge is 0.504 e. The van der Waals surface area contributed by atoms with E-state index in [1.54, 1.807) is 6.07 Å². The highest BCUT2D eigenvalue weighted by atomic mass is 32.2. The molecule has 2 aliphatic rings. The minimum absolute atomic E-state index is 0.110. The number of aromatic hydroxyl groups is 1. The van der Waals surface area contributed by atoms with Crippen molar-refractivity contribution in [2.45, 2.75) is 18.9 Å². The summed E-state index contributed by atoms with van der Waals surface area (Å²) in [5.41, 5.74) is 5.74. The van der Waals surface area contributed by atoms with E-state index in [-0.39, 0.29) is 18.1 Å². The molecule has 0 fully saturated rings. The van der Waals surface area contributed by atoms with Gasteiger partial charge in [0.25, 0.3) is 0 Å². The third-order valence-electron chi connectivity index (χ3n) is 4.83. The summed E-state index contributed by atoms with van der Waals surface area (Å²) in [5, 5.41) is 10.6. The van der Waals surface area contributed by atoms with E-state index >= 15 is 0 Å². The number of fused-ring (bicyclic) bond motifs is 2. The van der Waals surface area contributed by atoms with Crippen LogP contribution in [-0.4, -0.2) is 28.2 Å². The first-order valence-corrected chi connectivity index (χ1v) is 8.06. The molecule has 0 amide bonds. The lowest BCUT2D eigenvalue weighted by atomic mass is 9.77. The van der Waals surface area contributed by atoms with Crippen molar-refractivity contribution >= 4 is 12.3 Å². The topological polar surface area (TPSA) is 52.9 Å². The number of phenols is 1. The number of rotatable bonds is 2. The summed E-state index contributed by atoms with van der Waals surface area (Å²) in [4.78, 5) is 2.39. The smallest absolute Gasteiger partial charge is 0.222 e. The highest BCUT2D eigenvalue weighted by Gasteiger charge is 2.34. The lowest BCUT2D eigenvalue weighted by molar-refractivity contribution is 0.228. The van der Waals surface area contributed by atoms with Gasteiger partial charge in [0.05, 0.1) is 0 Å². The fourth-order valence-corrected chi connectivity index (χ4v) is 3.99. The van der Waals surface area contributed by atoms with E-state index in [2.05, 4.69) is 30.1 Å². The van der Waals surface area contributed by atoms with Crippen molar-refractivity contribution in [3.05, 3.63) is 47.0 Å². The summed E-state index contributed by atoms with van der Waals surface area (Å²) in [7, 11) is 2.16. The molecule has 1 aliphatic carbocycles. The van der Waals surface area contributed by atoms with Gasteiger partial charge in [-0.25, -0.2) is 0 Å². The van der Waals surface area contributed by atoms with Gasteiger partial charge in [0.2, 0.25) is 12.3 Å². The molecule has 2 N–H and O–H groups in total. The summed E-state index contributed by atoms with van der Waals surface area (Å²) >= 11 is 0.252. The third-order valence-corrected chi connectivity index (χ3v) is 5.09. The predicted octanol–water partition coefficient (Wildman–Crippen LogP) is 3.64. The molecular weight excluding hydrogens is 298 g/mol. The molecule has 1 heterocycles. The predicted molar refractivity (Wildman–Crippen MR) is 87.2 cm³/mol. The molecule has 5 heteroatoms. The summed E-state index contributed by atoms with van der Waals surface area (Å²) in [6.45, 7) is 1.06. The van der Waals surface area contributed by atoms with Crippen LogP contribution in [0.1, 0.15) is 22.7 Å². The van der Waals surface area contributed by atoms with E-state index < -0.39 is 0 Å². The van der Waals surface area contributed by atoms with Crippen LogP contribution in [0.25, 0.3) is 11.1 Å². The SMILES string of the molecule is CN1CCc2cccc3c2[C@H]1Cc1ccc(OSO)c(O)c1-3. The second-order valence-electron chi connectivity index (χ2n) is 5.93. The Kier molecular flexibility index (Phi) is 3.29. The molecule has 0 saturated carbocycles. The van der Waals surface area contributed by atoms with Crippen LogP contribution in [0.2, 0.25) is 0 Å². The van der Waals surface area contributed by atoms with E-state index in [0.29, 0.717) is 11.8 Å². The Bertz CT molecular complexity index is 747. The van der Waals surface area contributed by atoms with Crippen LogP contribution >= 0.6 is 12.3 Å². The van der Waals surface area contributed by atoms with Crippen LogP contribution in [0.15, 0.2) is 30.3 Å². The van der Waals surface area contributed by atoms with Gasteiger partial charge in [-0.1, -0.05) is 24.3 Å². The fraction of sp³-hybridized carbons (Fsp3) is 0.294. The lowest BCUT2D eigenvalue weighted by Crippen LogP contribution is -2.35. The molecule has 0 radical (unpaired) electrons.